The smallest absolute Gasteiger partial charge is 0.158 e. The van der Waals surface area contributed by atoms with E-state index < -0.39 is 9.84 Å². The summed E-state index contributed by atoms with van der Waals surface area (Å²) in [6.45, 7) is 0. The summed E-state index contributed by atoms with van der Waals surface area (Å²) in [6, 6.07) is 0. The SMILES string of the molecule is O=S1(=O)CCC[C]1C1CCCS1. The minimum atomic E-state index is -2.77. The Morgan fingerprint density at radius 1 is 1.33 bits per heavy atom. The molecule has 4 heteroatoms. The lowest BCUT2D eigenvalue weighted by Gasteiger charge is -2.14. The Kier molecular flexibility index (Phi) is 2.38. The summed E-state index contributed by atoms with van der Waals surface area (Å²) in [5, 5.41) is 1.20. The molecule has 0 bridgehead atoms. The van der Waals surface area contributed by atoms with E-state index >= 15 is 0 Å². The van der Waals surface area contributed by atoms with Crippen LogP contribution in [-0.4, -0.2) is 25.2 Å². The first-order valence-electron chi connectivity index (χ1n) is 4.40. The maximum atomic E-state index is 11.5. The van der Waals surface area contributed by atoms with Crippen molar-refractivity contribution >= 4 is 21.6 Å². The van der Waals surface area contributed by atoms with Crippen LogP contribution < -0.4 is 0 Å². The molecule has 2 rings (SSSR count). The van der Waals surface area contributed by atoms with Gasteiger partial charge in [0.2, 0.25) is 0 Å². The van der Waals surface area contributed by atoms with Gasteiger partial charge in [0.05, 0.1) is 5.75 Å². The first-order valence-corrected chi connectivity index (χ1v) is 7.10. The van der Waals surface area contributed by atoms with Gasteiger partial charge in [-0.05, 0) is 31.4 Å². The molecule has 2 nitrogen and oxygen atoms in total. The second kappa shape index (κ2) is 3.22. The van der Waals surface area contributed by atoms with Crippen molar-refractivity contribution in [2.24, 2.45) is 0 Å². The molecule has 1 radical (unpaired) electrons. The minimum Gasteiger partial charge on any atom is -0.228 e. The van der Waals surface area contributed by atoms with Gasteiger partial charge in [-0.25, -0.2) is 8.42 Å². The molecule has 69 valence electrons. The van der Waals surface area contributed by atoms with Gasteiger partial charge >= 0.3 is 0 Å². The van der Waals surface area contributed by atoms with Crippen LogP contribution in [0.3, 0.4) is 0 Å². The molecule has 0 saturated carbocycles. The first kappa shape index (κ1) is 8.88. The Bertz CT molecular complexity index is 252. The highest BCUT2D eigenvalue weighted by Crippen LogP contribution is 2.41. The number of hydrogen-bond acceptors (Lipinski definition) is 3. The van der Waals surface area contributed by atoms with Crippen LogP contribution in [0.25, 0.3) is 0 Å². The quantitative estimate of drug-likeness (QED) is 0.652. The molecule has 0 aromatic heterocycles. The molecule has 0 aromatic carbocycles. The van der Waals surface area contributed by atoms with Crippen LogP contribution in [0.1, 0.15) is 25.7 Å². The lowest BCUT2D eigenvalue weighted by Crippen LogP contribution is -2.17. The minimum absolute atomic E-state index is 0.345. The third-order valence-electron chi connectivity index (χ3n) is 2.52. The van der Waals surface area contributed by atoms with Crippen molar-refractivity contribution in [1.82, 2.24) is 0 Å². The van der Waals surface area contributed by atoms with Crippen LogP contribution in [-0.2, 0) is 9.84 Å². The Morgan fingerprint density at radius 2 is 2.17 bits per heavy atom. The summed E-state index contributed by atoms with van der Waals surface area (Å²) in [5.41, 5.74) is 0. The Hall–Kier alpha value is 0.300. The highest BCUT2D eigenvalue weighted by molar-refractivity contribution is 8.02. The maximum absolute atomic E-state index is 11.5. The van der Waals surface area contributed by atoms with E-state index in [1.807, 2.05) is 11.8 Å². The molecule has 12 heavy (non-hydrogen) atoms. The molecule has 0 N–H and O–H groups in total. The Labute approximate surface area is 78.0 Å². The van der Waals surface area contributed by atoms with Crippen molar-refractivity contribution in [1.29, 1.82) is 0 Å². The maximum Gasteiger partial charge on any atom is 0.158 e. The average Bonchev–Trinajstić information content (AvgIpc) is 2.55. The summed E-state index contributed by atoms with van der Waals surface area (Å²) < 4.78 is 23.0. The van der Waals surface area contributed by atoms with Gasteiger partial charge in [0.15, 0.2) is 9.84 Å². The van der Waals surface area contributed by atoms with Gasteiger partial charge in [0.25, 0.3) is 0 Å². The summed E-state index contributed by atoms with van der Waals surface area (Å²) in [4.78, 5) is 0. The molecule has 0 aromatic rings. The van der Waals surface area contributed by atoms with Gasteiger partial charge < -0.3 is 0 Å². The van der Waals surface area contributed by atoms with E-state index in [0.29, 0.717) is 11.0 Å². The normalized spacial score (nSPS) is 35.8. The van der Waals surface area contributed by atoms with Gasteiger partial charge in [-0.2, -0.15) is 11.8 Å². The van der Waals surface area contributed by atoms with Crippen LogP contribution in [0.4, 0.5) is 0 Å². The zero-order valence-electron chi connectivity index (χ0n) is 6.95. The van der Waals surface area contributed by atoms with Crippen LogP contribution >= 0.6 is 11.8 Å². The molecule has 1 unspecified atom stereocenters. The molecule has 2 aliphatic heterocycles. The molecule has 1 atom stereocenters. The molecule has 2 aliphatic rings. The average molecular weight is 205 g/mol. The largest absolute Gasteiger partial charge is 0.228 e. The summed E-state index contributed by atoms with van der Waals surface area (Å²) in [6.07, 6.45) is 3.96. The van der Waals surface area contributed by atoms with E-state index in [1.165, 1.54) is 6.42 Å². The van der Waals surface area contributed by atoms with E-state index in [2.05, 4.69) is 0 Å². The topological polar surface area (TPSA) is 34.1 Å². The number of sulfone groups is 1. The molecule has 2 fully saturated rings. The monoisotopic (exact) mass is 205 g/mol. The van der Waals surface area contributed by atoms with Gasteiger partial charge in [-0.3, -0.25) is 0 Å². The van der Waals surface area contributed by atoms with E-state index in [1.54, 1.807) is 0 Å². The van der Waals surface area contributed by atoms with E-state index in [4.69, 9.17) is 0 Å². The molecule has 2 saturated heterocycles. The molecule has 2 heterocycles. The van der Waals surface area contributed by atoms with Crippen LogP contribution in [0.15, 0.2) is 0 Å². The fraction of sp³-hybridized carbons (Fsp3) is 0.875. The van der Waals surface area contributed by atoms with Crippen LogP contribution in [0.2, 0.25) is 0 Å². The van der Waals surface area contributed by atoms with Crippen LogP contribution in [0, 0.1) is 5.25 Å². The predicted molar refractivity (Wildman–Crippen MR) is 51.7 cm³/mol. The first-order chi connectivity index (χ1) is 5.70. The third-order valence-corrected chi connectivity index (χ3v) is 6.23. The summed E-state index contributed by atoms with van der Waals surface area (Å²) in [7, 11) is -2.77. The summed E-state index contributed by atoms with van der Waals surface area (Å²) >= 11 is 1.83. The van der Waals surface area contributed by atoms with E-state index in [0.717, 1.165) is 30.3 Å². The fourth-order valence-corrected chi connectivity index (χ4v) is 5.58. The van der Waals surface area contributed by atoms with Crippen molar-refractivity contribution in [2.45, 2.75) is 30.9 Å². The number of thioether (sulfide) groups is 1. The molecular formula is C8H13O2S2. The highest BCUT2D eigenvalue weighted by atomic mass is 32.2. The fourth-order valence-electron chi connectivity index (χ4n) is 1.92. The van der Waals surface area contributed by atoms with Crippen LogP contribution in [0.5, 0.6) is 0 Å². The van der Waals surface area contributed by atoms with E-state index in [9.17, 15) is 8.42 Å². The zero-order chi connectivity index (χ0) is 8.60. The van der Waals surface area contributed by atoms with E-state index in [-0.39, 0.29) is 0 Å². The second-order valence-corrected chi connectivity index (χ2v) is 6.86. The standard InChI is InChI=1S/C8H13O2S2/c9-12(10)6-2-4-8(12)7-3-1-5-11-7/h7H,1-6H2. The second-order valence-electron chi connectivity index (χ2n) is 3.39. The van der Waals surface area contributed by atoms with Crippen molar-refractivity contribution in [2.75, 3.05) is 11.5 Å². The molecule has 0 aliphatic carbocycles. The number of rotatable bonds is 1. The molecule has 0 spiro atoms. The lowest BCUT2D eigenvalue weighted by molar-refractivity contribution is 0.598. The molecular weight excluding hydrogens is 192 g/mol. The van der Waals surface area contributed by atoms with Gasteiger partial charge in [0, 0.05) is 5.25 Å². The lowest BCUT2D eigenvalue weighted by atomic mass is 10.1. The highest BCUT2D eigenvalue weighted by Gasteiger charge is 2.39. The predicted octanol–water partition coefficient (Wildman–Crippen LogP) is 1.62. The van der Waals surface area contributed by atoms with Crippen molar-refractivity contribution < 1.29 is 8.42 Å². The molecule has 0 amide bonds. The van der Waals surface area contributed by atoms with Crippen molar-refractivity contribution in [3.63, 3.8) is 0 Å². The summed E-state index contributed by atoms with van der Waals surface area (Å²) in [5.74, 6) is 1.54. The van der Waals surface area contributed by atoms with Crippen molar-refractivity contribution in [3.05, 3.63) is 5.25 Å². The van der Waals surface area contributed by atoms with Gasteiger partial charge in [0.1, 0.15) is 5.25 Å². The van der Waals surface area contributed by atoms with Gasteiger partial charge in [-0.15, -0.1) is 0 Å². The Morgan fingerprint density at radius 3 is 2.67 bits per heavy atom. The zero-order valence-corrected chi connectivity index (χ0v) is 8.59. The number of hydrogen-bond donors (Lipinski definition) is 0. The van der Waals surface area contributed by atoms with Gasteiger partial charge in [-0.1, -0.05) is 0 Å². The Balaban J connectivity index is 2.12. The van der Waals surface area contributed by atoms with Crippen molar-refractivity contribution in [3.8, 4) is 0 Å². The third kappa shape index (κ3) is 1.51.